The average Bonchev–Trinajstić information content (AvgIpc) is 2.74. The van der Waals surface area contributed by atoms with E-state index >= 15 is 0 Å². The van der Waals surface area contributed by atoms with Gasteiger partial charge in [-0.05, 0) is 25.3 Å². The maximum Gasteiger partial charge on any atom is 0.191 e. The number of fused-ring (bicyclic) bond motifs is 1. The Labute approximate surface area is 184 Å². The fourth-order valence-electron chi connectivity index (χ4n) is 5.10. The van der Waals surface area contributed by atoms with Crippen molar-refractivity contribution in [3.63, 3.8) is 0 Å². The summed E-state index contributed by atoms with van der Waals surface area (Å²) in [5.41, 5.74) is 0.337. The van der Waals surface area contributed by atoms with Crippen molar-refractivity contribution in [1.29, 1.82) is 0 Å². The molecule has 4 rings (SSSR count). The number of ether oxygens (including phenoxy) is 1. The highest BCUT2D eigenvalue weighted by Gasteiger charge is 2.52. The van der Waals surface area contributed by atoms with Gasteiger partial charge in [0.05, 0.1) is 36.2 Å². The van der Waals surface area contributed by atoms with Crippen molar-refractivity contribution in [3.8, 4) is 0 Å². The second-order valence-corrected chi connectivity index (χ2v) is 9.10. The topological polar surface area (TPSA) is 181 Å². The lowest BCUT2D eigenvalue weighted by atomic mass is 9.75. The van der Waals surface area contributed by atoms with Gasteiger partial charge in [0.25, 0.3) is 0 Å². The third kappa shape index (κ3) is 3.90. The van der Waals surface area contributed by atoms with Crippen molar-refractivity contribution in [2.75, 3.05) is 6.61 Å². The van der Waals surface area contributed by atoms with Crippen LogP contribution in [0.25, 0.3) is 0 Å². The van der Waals surface area contributed by atoms with Gasteiger partial charge in [0.1, 0.15) is 35.9 Å². The minimum Gasteiger partial charge on any atom is -0.512 e. The van der Waals surface area contributed by atoms with Crippen LogP contribution >= 0.6 is 0 Å². The van der Waals surface area contributed by atoms with Gasteiger partial charge in [-0.25, -0.2) is 0 Å². The molecule has 2 aliphatic carbocycles. The minimum absolute atomic E-state index is 0.0623. The molecule has 3 aliphatic rings. The molecule has 2 heterocycles. The quantitative estimate of drug-likeness (QED) is 0.304. The van der Waals surface area contributed by atoms with E-state index in [0.717, 1.165) is 5.57 Å². The van der Waals surface area contributed by atoms with Crippen LogP contribution in [0.15, 0.2) is 26.6 Å². The Hall–Kier alpha value is -1.79. The standard InChI is InChI=1S/C22H30O10/c1-8-2-3-9(4-10(8)24)13-5-11(25)16-14(31-13)6-12(26)17(19(16)28)22-21(30)20(29)18(27)15(7-23)32-22/h5,9,12,15,17-24,26-30H,2-4,6-7H2,1H3/t9?,12?,15-,17?,18-,19?,20+,21-,22+/m1/s1. The van der Waals surface area contributed by atoms with Crippen LogP contribution < -0.4 is 5.43 Å². The molecule has 9 atom stereocenters. The van der Waals surface area contributed by atoms with E-state index in [1.165, 1.54) is 6.07 Å². The van der Waals surface area contributed by atoms with Crippen LogP contribution in [-0.2, 0) is 11.2 Å². The highest BCUT2D eigenvalue weighted by molar-refractivity contribution is 5.29. The van der Waals surface area contributed by atoms with Gasteiger partial charge in [0.15, 0.2) is 5.43 Å². The van der Waals surface area contributed by atoms with Crippen LogP contribution in [0.2, 0.25) is 0 Å². The Morgan fingerprint density at radius 3 is 2.44 bits per heavy atom. The Bertz CT molecular complexity index is 937. The first kappa shape index (κ1) is 23.4. The number of rotatable bonds is 3. The van der Waals surface area contributed by atoms with E-state index in [9.17, 15) is 40.5 Å². The summed E-state index contributed by atoms with van der Waals surface area (Å²) in [7, 11) is 0. The summed E-state index contributed by atoms with van der Waals surface area (Å²) in [6.45, 7) is 1.20. The van der Waals surface area contributed by atoms with Gasteiger partial charge in [0.2, 0.25) is 0 Å². The number of aliphatic hydroxyl groups excluding tert-OH is 7. The minimum atomic E-state index is -1.67. The van der Waals surface area contributed by atoms with Crippen molar-refractivity contribution in [1.82, 2.24) is 0 Å². The van der Waals surface area contributed by atoms with E-state index in [-0.39, 0.29) is 29.4 Å². The normalized spacial score (nSPS) is 40.3. The summed E-state index contributed by atoms with van der Waals surface area (Å²) >= 11 is 0. The van der Waals surface area contributed by atoms with E-state index in [0.29, 0.717) is 25.0 Å². The molecule has 0 radical (unpaired) electrons. The van der Waals surface area contributed by atoms with Crippen LogP contribution in [0, 0.1) is 5.92 Å². The monoisotopic (exact) mass is 454 g/mol. The molecule has 178 valence electrons. The lowest BCUT2D eigenvalue weighted by Gasteiger charge is -2.46. The molecule has 7 N–H and O–H groups in total. The zero-order valence-electron chi connectivity index (χ0n) is 17.7. The van der Waals surface area contributed by atoms with Gasteiger partial charge in [-0.15, -0.1) is 0 Å². The molecule has 10 heteroatoms. The second-order valence-electron chi connectivity index (χ2n) is 9.10. The highest BCUT2D eigenvalue weighted by Crippen LogP contribution is 2.42. The first-order valence-electron chi connectivity index (χ1n) is 10.8. The maximum atomic E-state index is 12.9. The highest BCUT2D eigenvalue weighted by atomic mass is 16.5. The fourth-order valence-corrected chi connectivity index (χ4v) is 5.10. The van der Waals surface area contributed by atoms with E-state index in [2.05, 4.69) is 0 Å². The van der Waals surface area contributed by atoms with Gasteiger partial charge < -0.3 is 44.9 Å². The van der Waals surface area contributed by atoms with Crippen molar-refractivity contribution < 1.29 is 44.9 Å². The lowest BCUT2D eigenvalue weighted by molar-refractivity contribution is -0.258. The first-order chi connectivity index (χ1) is 15.1. The summed E-state index contributed by atoms with van der Waals surface area (Å²) in [5, 5.41) is 71.7. The molecule has 1 aromatic heterocycles. The SMILES string of the molecule is CC1=C(O)CC(c2cc(=O)c3c(o2)CC(O)C([C@@H]2O[C@H](CO)[C@@H](O)[C@H](O)[C@H]2O)C3O)CC1. The van der Waals surface area contributed by atoms with E-state index < -0.39 is 60.7 Å². The van der Waals surface area contributed by atoms with Gasteiger partial charge in [-0.2, -0.15) is 0 Å². The molecule has 0 bridgehead atoms. The lowest BCUT2D eigenvalue weighted by Crippen LogP contribution is -2.63. The van der Waals surface area contributed by atoms with E-state index in [1.807, 2.05) is 6.92 Å². The van der Waals surface area contributed by atoms with Crippen LogP contribution in [0.4, 0.5) is 0 Å². The smallest absolute Gasteiger partial charge is 0.191 e. The molecule has 0 spiro atoms. The molecule has 1 saturated heterocycles. The van der Waals surface area contributed by atoms with Crippen LogP contribution in [-0.4, -0.2) is 79.0 Å². The van der Waals surface area contributed by atoms with Crippen LogP contribution in [0.5, 0.6) is 0 Å². The predicted molar refractivity (Wildman–Crippen MR) is 109 cm³/mol. The Morgan fingerprint density at radius 1 is 1.06 bits per heavy atom. The van der Waals surface area contributed by atoms with Gasteiger partial charge in [-0.3, -0.25) is 4.79 Å². The van der Waals surface area contributed by atoms with Gasteiger partial charge in [-0.1, -0.05) is 0 Å². The Morgan fingerprint density at radius 2 is 1.78 bits per heavy atom. The molecule has 0 aromatic carbocycles. The predicted octanol–water partition coefficient (Wildman–Crippen LogP) is -0.852. The molecular formula is C22H30O10. The van der Waals surface area contributed by atoms with Crippen molar-refractivity contribution in [2.45, 2.75) is 81.3 Å². The summed E-state index contributed by atoms with van der Waals surface area (Å²) < 4.78 is 11.4. The van der Waals surface area contributed by atoms with Crippen molar-refractivity contribution >= 4 is 0 Å². The molecule has 1 aliphatic heterocycles. The average molecular weight is 454 g/mol. The molecule has 1 fully saturated rings. The molecule has 0 amide bonds. The molecule has 4 unspecified atom stereocenters. The second kappa shape index (κ2) is 8.86. The number of allylic oxidation sites excluding steroid dienone is 2. The number of hydrogen-bond acceptors (Lipinski definition) is 10. The zero-order valence-corrected chi connectivity index (χ0v) is 17.7. The van der Waals surface area contributed by atoms with Crippen molar-refractivity contribution in [3.05, 3.63) is 44.7 Å². The number of hydrogen-bond donors (Lipinski definition) is 7. The Kier molecular flexibility index (Phi) is 6.47. The zero-order chi connectivity index (χ0) is 23.3. The van der Waals surface area contributed by atoms with Crippen molar-refractivity contribution in [2.24, 2.45) is 5.92 Å². The third-order valence-electron chi connectivity index (χ3n) is 7.09. The summed E-state index contributed by atoms with van der Waals surface area (Å²) in [4.78, 5) is 12.9. The maximum absolute atomic E-state index is 12.9. The van der Waals surface area contributed by atoms with Gasteiger partial charge >= 0.3 is 0 Å². The molecule has 1 aromatic rings. The van der Waals surface area contributed by atoms with E-state index in [1.54, 1.807) is 0 Å². The van der Waals surface area contributed by atoms with Gasteiger partial charge in [0, 0.05) is 30.7 Å². The largest absolute Gasteiger partial charge is 0.512 e. The molecule has 0 saturated carbocycles. The number of aliphatic hydroxyl groups is 7. The third-order valence-corrected chi connectivity index (χ3v) is 7.09. The molecule has 10 nitrogen and oxygen atoms in total. The Balaban J connectivity index is 1.65. The molecular weight excluding hydrogens is 424 g/mol. The fraction of sp³-hybridized carbons (Fsp3) is 0.682. The summed E-state index contributed by atoms with van der Waals surface area (Å²) in [5.74, 6) is -0.636. The van der Waals surface area contributed by atoms with E-state index in [4.69, 9.17) is 9.15 Å². The van der Waals surface area contributed by atoms with Crippen LogP contribution in [0.1, 0.15) is 55.3 Å². The van der Waals surface area contributed by atoms with Crippen LogP contribution in [0.3, 0.4) is 0 Å². The molecule has 32 heavy (non-hydrogen) atoms. The summed E-state index contributed by atoms with van der Waals surface area (Å²) in [6, 6.07) is 1.28. The first-order valence-corrected chi connectivity index (χ1v) is 10.8. The summed E-state index contributed by atoms with van der Waals surface area (Å²) in [6.07, 6.45) is -8.74.